The van der Waals surface area contributed by atoms with Crippen LogP contribution in [0.1, 0.15) is 62.3 Å². The molecule has 0 saturated carbocycles. The first-order chi connectivity index (χ1) is 9.35. The van der Waals surface area contributed by atoms with Gasteiger partial charge in [0, 0.05) is 17.8 Å². The van der Waals surface area contributed by atoms with Crippen LogP contribution in [0.4, 0.5) is 0 Å². The van der Waals surface area contributed by atoms with Gasteiger partial charge in [0.15, 0.2) is 0 Å². The number of nitrogens with zero attached hydrogens (tertiary/aromatic N) is 1. The molecule has 0 radical (unpaired) electrons. The predicted octanol–water partition coefficient (Wildman–Crippen LogP) is 3.38. The van der Waals surface area contributed by atoms with E-state index < -0.39 is 0 Å². The first-order valence-corrected chi connectivity index (χ1v) is 7.69. The van der Waals surface area contributed by atoms with Crippen LogP contribution in [0.15, 0.2) is 6.07 Å². The predicted molar refractivity (Wildman–Crippen MR) is 78.4 cm³/mol. The van der Waals surface area contributed by atoms with Crippen molar-refractivity contribution in [3.63, 3.8) is 0 Å². The summed E-state index contributed by atoms with van der Waals surface area (Å²) in [5, 5.41) is 0. The largest absolute Gasteiger partial charge is 0.477 e. The number of nitrogens with two attached hydrogens (primary N) is 1. The van der Waals surface area contributed by atoms with E-state index >= 15 is 0 Å². The molecule has 0 spiro atoms. The number of pyridine rings is 1. The average Bonchev–Trinajstić information content (AvgIpc) is 2.88. The van der Waals surface area contributed by atoms with Gasteiger partial charge in [0.2, 0.25) is 5.88 Å². The van der Waals surface area contributed by atoms with E-state index in [2.05, 4.69) is 18.0 Å². The average molecular weight is 262 g/mol. The van der Waals surface area contributed by atoms with Crippen LogP contribution in [0.3, 0.4) is 0 Å². The molecular weight excluding hydrogens is 236 g/mol. The van der Waals surface area contributed by atoms with Crippen LogP contribution in [0.2, 0.25) is 0 Å². The summed E-state index contributed by atoms with van der Waals surface area (Å²) in [6.45, 7) is 3.52. The van der Waals surface area contributed by atoms with E-state index in [-0.39, 0.29) is 0 Å². The summed E-state index contributed by atoms with van der Waals surface area (Å²) in [4.78, 5) is 4.66. The quantitative estimate of drug-likeness (QED) is 0.731. The van der Waals surface area contributed by atoms with Crippen LogP contribution in [-0.4, -0.2) is 11.6 Å². The molecule has 1 aromatic rings. The van der Waals surface area contributed by atoms with Crippen molar-refractivity contribution in [2.45, 2.75) is 64.8 Å². The zero-order chi connectivity index (χ0) is 13.5. The standard InChI is InChI=1S/C16H26N2O/c1-2-3-4-5-6-10-19-16-14(12-17)11-13-8-7-9-15(13)18-16/h11H,2-10,12,17H2,1H3. The van der Waals surface area contributed by atoms with Crippen molar-refractivity contribution in [3.8, 4) is 5.88 Å². The molecule has 1 aromatic heterocycles. The second-order valence-electron chi connectivity index (χ2n) is 5.38. The van der Waals surface area contributed by atoms with Crippen LogP contribution in [0.5, 0.6) is 5.88 Å². The summed E-state index contributed by atoms with van der Waals surface area (Å²) in [6, 6.07) is 2.20. The van der Waals surface area contributed by atoms with Crippen LogP contribution >= 0.6 is 0 Å². The fourth-order valence-corrected chi connectivity index (χ4v) is 2.65. The summed E-state index contributed by atoms with van der Waals surface area (Å²) >= 11 is 0. The van der Waals surface area contributed by atoms with Gasteiger partial charge in [-0.1, -0.05) is 32.6 Å². The topological polar surface area (TPSA) is 48.1 Å². The molecule has 0 unspecified atom stereocenters. The maximum absolute atomic E-state index is 5.84. The zero-order valence-electron chi connectivity index (χ0n) is 12.1. The molecule has 0 saturated heterocycles. The molecule has 3 nitrogen and oxygen atoms in total. The number of hydrogen-bond donors (Lipinski definition) is 1. The Morgan fingerprint density at radius 2 is 2.05 bits per heavy atom. The van der Waals surface area contributed by atoms with Crippen molar-refractivity contribution in [1.82, 2.24) is 4.98 Å². The van der Waals surface area contributed by atoms with Gasteiger partial charge in [-0.05, 0) is 37.3 Å². The van der Waals surface area contributed by atoms with Gasteiger partial charge >= 0.3 is 0 Å². The van der Waals surface area contributed by atoms with Crippen LogP contribution < -0.4 is 10.5 Å². The lowest BCUT2D eigenvalue weighted by molar-refractivity contribution is 0.289. The molecular formula is C16H26N2O. The van der Waals surface area contributed by atoms with E-state index in [1.54, 1.807) is 0 Å². The summed E-state index contributed by atoms with van der Waals surface area (Å²) in [5.41, 5.74) is 9.45. The number of ether oxygens (including phenoxy) is 1. The Labute approximate surface area is 116 Å². The number of hydrogen-bond acceptors (Lipinski definition) is 3. The molecule has 106 valence electrons. The van der Waals surface area contributed by atoms with Crippen molar-refractivity contribution in [2.24, 2.45) is 5.73 Å². The smallest absolute Gasteiger partial charge is 0.218 e. The Kier molecular flexibility index (Phi) is 5.64. The van der Waals surface area contributed by atoms with Gasteiger partial charge < -0.3 is 10.5 Å². The normalized spacial score (nSPS) is 13.6. The minimum Gasteiger partial charge on any atom is -0.477 e. The van der Waals surface area contributed by atoms with E-state index in [0.29, 0.717) is 6.54 Å². The Hall–Kier alpha value is -1.09. The van der Waals surface area contributed by atoms with Gasteiger partial charge in [0.05, 0.1) is 6.61 Å². The molecule has 0 aromatic carbocycles. The molecule has 0 aliphatic heterocycles. The highest BCUT2D eigenvalue weighted by Gasteiger charge is 2.16. The van der Waals surface area contributed by atoms with Crippen molar-refractivity contribution >= 4 is 0 Å². The fourth-order valence-electron chi connectivity index (χ4n) is 2.65. The third-order valence-electron chi connectivity index (χ3n) is 3.80. The molecule has 2 N–H and O–H groups in total. The Balaban J connectivity index is 1.85. The molecule has 1 aliphatic rings. The minimum absolute atomic E-state index is 0.519. The minimum atomic E-state index is 0.519. The van der Waals surface area contributed by atoms with Crippen molar-refractivity contribution in [2.75, 3.05) is 6.61 Å². The molecule has 2 rings (SSSR count). The van der Waals surface area contributed by atoms with Crippen molar-refractivity contribution < 1.29 is 4.74 Å². The second kappa shape index (κ2) is 7.49. The summed E-state index contributed by atoms with van der Waals surface area (Å²) < 4.78 is 5.84. The maximum Gasteiger partial charge on any atom is 0.218 e. The van der Waals surface area contributed by atoms with Crippen LogP contribution in [0.25, 0.3) is 0 Å². The monoisotopic (exact) mass is 262 g/mol. The number of aromatic nitrogens is 1. The Bertz CT molecular complexity index is 404. The number of rotatable bonds is 8. The van der Waals surface area contributed by atoms with Gasteiger partial charge in [-0.2, -0.15) is 0 Å². The molecule has 0 fully saturated rings. The van der Waals surface area contributed by atoms with Crippen molar-refractivity contribution in [1.29, 1.82) is 0 Å². The van der Waals surface area contributed by atoms with E-state index in [4.69, 9.17) is 10.5 Å². The third-order valence-corrected chi connectivity index (χ3v) is 3.80. The third kappa shape index (κ3) is 3.93. The maximum atomic E-state index is 5.84. The number of fused-ring (bicyclic) bond motifs is 1. The van der Waals surface area contributed by atoms with Gasteiger partial charge in [-0.25, -0.2) is 4.98 Å². The lowest BCUT2D eigenvalue weighted by Crippen LogP contribution is -2.07. The molecule has 19 heavy (non-hydrogen) atoms. The van der Waals surface area contributed by atoms with E-state index in [1.807, 2.05) is 0 Å². The van der Waals surface area contributed by atoms with Gasteiger partial charge in [0.25, 0.3) is 0 Å². The highest BCUT2D eigenvalue weighted by Crippen LogP contribution is 2.26. The van der Waals surface area contributed by atoms with Crippen molar-refractivity contribution in [3.05, 3.63) is 22.9 Å². The zero-order valence-corrected chi connectivity index (χ0v) is 12.1. The van der Waals surface area contributed by atoms with E-state index in [1.165, 1.54) is 43.4 Å². The number of aryl methyl sites for hydroxylation is 2. The van der Waals surface area contributed by atoms with Gasteiger partial charge in [0.1, 0.15) is 0 Å². The lowest BCUT2D eigenvalue weighted by Gasteiger charge is -2.11. The van der Waals surface area contributed by atoms with Crippen LogP contribution in [-0.2, 0) is 19.4 Å². The Morgan fingerprint density at radius 1 is 1.21 bits per heavy atom. The summed E-state index contributed by atoms with van der Waals surface area (Å²) in [5.74, 6) is 0.777. The van der Waals surface area contributed by atoms with Crippen LogP contribution in [0, 0.1) is 0 Å². The summed E-state index contributed by atoms with van der Waals surface area (Å²) in [6.07, 6.45) is 9.73. The highest BCUT2D eigenvalue weighted by molar-refractivity contribution is 5.36. The second-order valence-corrected chi connectivity index (χ2v) is 5.38. The molecule has 0 atom stereocenters. The first-order valence-electron chi connectivity index (χ1n) is 7.69. The fraction of sp³-hybridized carbons (Fsp3) is 0.688. The lowest BCUT2D eigenvalue weighted by atomic mass is 10.1. The molecule has 3 heteroatoms. The van der Waals surface area contributed by atoms with E-state index in [9.17, 15) is 0 Å². The van der Waals surface area contributed by atoms with Gasteiger partial charge in [-0.3, -0.25) is 0 Å². The molecule has 1 heterocycles. The number of unbranched alkanes of at least 4 members (excludes halogenated alkanes) is 4. The highest BCUT2D eigenvalue weighted by atomic mass is 16.5. The van der Waals surface area contributed by atoms with Gasteiger partial charge in [-0.15, -0.1) is 0 Å². The molecule has 1 aliphatic carbocycles. The molecule has 0 bridgehead atoms. The molecule has 0 amide bonds. The Morgan fingerprint density at radius 3 is 2.84 bits per heavy atom. The first kappa shape index (κ1) is 14.3. The summed E-state index contributed by atoms with van der Waals surface area (Å²) in [7, 11) is 0. The SMILES string of the molecule is CCCCCCCOc1nc2c(cc1CN)CCC2. The van der Waals surface area contributed by atoms with E-state index in [0.717, 1.165) is 37.3 Å².